The number of carbonyl (C=O) groups is 1. The molecule has 0 spiro atoms. The number of nitrogens with zero attached hydrogens (tertiary/aromatic N) is 1. The molecule has 0 aromatic heterocycles. The number of carboxylic acid groups (broad SMARTS) is 1. The summed E-state index contributed by atoms with van der Waals surface area (Å²) in [7, 11) is 3.38. The Labute approximate surface area is 96.8 Å². The Morgan fingerprint density at radius 3 is 2.47 bits per heavy atom. The minimum Gasteiger partial charge on any atom is -0.480 e. The molecule has 15 heavy (non-hydrogen) atoms. The van der Waals surface area contributed by atoms with Crippen molar-refractivity contribution in [1.82, 2.24) is 4.90 Å². The lowest BCUT2D eigenvalue weighted by atomic mass is 10.3. The zero-order valence-electron chi connectivity index (χ0n) is 9.43. The molecule has 0 amide bonds. The number of hydrogen-bond donors (Lipinski definition) is 1. The van der Waals surface area contributed by atoms with E-state index in [4.69, 9.17) is 14.6 Å². The van der Waals surface area contributed by atoms with Crippen LogP contribution in [0.25, 0.3) is 0 Å². The quantitative estimate of drug-likeness (QED) is 0.627. The summed E-state index contributed by atoms with van der Waals surface area (Å²) in [6.07, 6.45) is 0. The Morgan fingerprint density at radius 1 is 1.40 bits per heavy atom. The fourth-order valence-corrected chi connectivity index (χ4v) is 0.835. The normalized spacial score (nSPS) is 12.3. The highest BCUT2D eigenvalue weighted by Crippen LogP contribution is 1.94. The number of carboxylic acids is 1. The molecule has 0 heterocycles. The van der Waals surface area contributed by atoms with Gasteiger partial charge in [-0.2, -0.15) is 0 Å². The summed E-state index contributed by atoms with van der Waals surface area (Å²) in [6, 6.07) is -0.471. The molecule has 0 aromatic carbocycles. The molecule has 0 saturated heterocycles. The van der Waals surface area contributed by atoms with Gasteiger partial charge in [0.15, 0.2) is 0 Å². The van der Waals surface area contributed by atoms with E-state index in [-0.39, 0.29) is 12.4 Å². The molecule has 0 bridgehead atoms. The molecule has 1 N–H and O–H groups in total. The number of likely N-dealkylation sites (N-methyl/N-ethyl adjacent to an activating group) is 1. The molecule has 0 aliphatic heterocycles. The molecule has 0 aliphatic rings. The molecule has 1 unspecified atom stereocenters. The Kier molecular flexibility index (Phi) is 11.6. The summed E-state index contributed by atoms with van der Waals surface area (Å²) >= 11 is 0. The van der Waals surface area contributed by atoms with E-state index in [1.807, 2.05) is 0 Å². The second-order valence-corrected chi connectivity index (χ2v) is 3.10. The molecule has 0 aromatic rings. The topological polar surface area (TPSA) is 59.0 Å². The number of methoxy groups -OCH3 is 1. The van der Waals surface area contributed by atoms with Crippen LogP contribution < -0.4 is 0 Å². The van der Waals surface area contributed by atoms with E-state index < -0.39 is 12.0 Å². The summed E-state index contributed by atoms with van der Waals surface area (Å²) in [5.74, 6) is -0.815. The van der Waals surface area contributed by atoms with Crippen LogP contribution in [0.15, 0.2) is 0 Å². The average molecular weight is 242 g/mol. The fourth-order valence-electron chi connectivity index (χ4n) is 0.835. The third kappa shape index (κ3) is 8.62. The third-order valence-electron chi connectivity index (χ3n) is 2.04. The lowest BCUT2D eigenvalue weighted by molar-refractivity contribution is -0.142. The van der Waals surface area contributed by atoms with Crippen molar-refractivity contribution in [3.8, 4) is 0 Å². The maximum absolute atomic E-state index is 10.6. The Hall–Kier alpha value is -0.360. The first kappa shape index (κ1) is 17.0. The van der Waals surface area contributed by atoms with Gasteiger partial charge in [0.25, 0.3) is 0 Å². The summed E-state index contributed by atoms with van der Waals surface area (Å²) in [6.45, 7) is 3.90. The minimum absolute atomic E-state index is 0. The van der Waals surface area contributed by atoms with E-state index in [9.17, 15) is 4.79 Å². The zero-order chi connectivity index (χ0) is 11.0. The molecular weight excluding hydrogens is 222 g/mol. The van der Waals surface area contributed by atoms with Gasteiger partial charge >= 0.3 is 5.97 Å². The van der Waals surface area contributed by atoms with Crippen molar-refractivity contribution in [1.29, 1.82) is 0 Å². The standard InChI is InChI=1S/C9H19NO4.ClH/c1-8(9(11)12)10(2)4-5-14-7-6-13-3;/h8H,4-7H2,1-3H3,(H,11,12);1H. The van der Waals surface area contributed by atoms with Gasteiger partial charge < -0.3 is 14.6 Å². The van der Waals surface area contributed by atoms with Gasteiger partial charge in [-0.15, -0.1) is 12.4 Å². The van der Waals surface area contributed by atoms with Crippen molar-refractivity contribution in [2.24, 2.45) is 0 Å². The van der Waals surface area contributed by atoms with E-state index in [2.05, 4.69) is 0 Å². The highest BCUT2D eigenvalue weighted by molar-refractivity contribution is 5.85. The van der Waals surface area contributed by atoms with Crippen molar-refractivity contribution < 1.29 is 19.4 Å². The van der Waals surface area contributed by atoms with Crippen LogP contribution in [0.1, 0.15) is 6.92 Å². The molecule has 5 nitrogen and oxygen atoms in total. The molecular formula is C9H20ClNO4. The smallest absolute Gasteiger partial charge is 0.320 e. The van der Waals surface area contributed by atoms with Gasteiger partial charge in [0.1, 0.15) is 6.04 Å². The monoisotopic (exact) mass is 241 g/mol. The van der Waals surface area contributed by atoms with Crippen LogP contribution >= 0.6 is 12.4 Å². The van der Waals surface area contributed by atoms with Crippen molar-refractivity contribution in [3.05, 3.63) is 0 Å². The number of halogens is 1. The Balaban J connectivity index is 0. The number of aliphatic carboxylic acids is 1. The van der Waals surface area contributed by atoms with Crippen LogP contribution in [0, 0.1) is 0 Å². The molecule has 0 saturated carbocycles. The molecule has 1 atom stereocenters. The molecule has 92 valence electrons. The molecule has 0 fully saturated rings. The SMILES string of the molecule is COCCOCCN(C)C(C)C(=O)O.Cl. The van der Waals surface area contributed by atoms with Crippen molar-refractivity contribution in [3.63, 3.8) is 0 Å². The second-order valence-electron chi connectivity index (χ2n) is 3.10. The van der Waals surface area contributed by atoms with Crippen LogP contribution in [-0.4, -0.2) is 62.5 Å². The first-order valence-electron chi connectivity index (χ1n) is 4.59. The summed E-state index contributed by atoms with van der Waals surface area (Å²) in [4.78, 5) is 12.3. The third-order valence-corrected chi connectivity index (χ3v) is 2.04. The van der Waals surface area contributed by atoms with E-state index in [1.54, 1.807) is 26.0 Å². The Morgan fingerprint density at radius 2 is 2.00 bits per heavy atom. The lowest BCUT2D eigenvalue weighted by Gasteiger charge is -2.20. The van der Waals surface area contributed by atoms with Crippen LogP contribution in [0.2, 0.25) is 0 Å². The van der Waals surface area contributed by atoms with Crippen molar-refractivity contribution in [2.75, 3.05) is 40.5 Å². The van der Waals surface area contributed by atoms with Gasteiger partial charge in [-0.25, -0.2) is 0 Å². The first-order chi connectivity index (χ1) is 6.59. The zero-order valence-corrected chi connectivity index (χ0v) is 10.2. The van der Waals surface area contributed by atoms with Gasteiger partial charge in [0.05, 0.1) is 19.8 Å². The van der Waals surface area contributed by atoms with Crippen LogP contribution in [0.5, 0.6) is 0 Å². The minimum atomic E-state index is -0.815. The predicted molar refractivity (Wildman–Crippen MR) is 59.7 cm³/mol. The summed E-state index contributed by atoms with van der Waals surface area (Å²) in [5, 5.41) is 8.69. The van der Waals surface area contributed by atoms with E-state index >= 15 is 0 Å². The van der Waals surface area contributed by atoms with Crippen molar-refractivity contribution >= 4 is 18.4 Å². The van der Waals surface area contributed by atoms with Crippen LogP contribution in [0.4, 0.5) is 0 Å². The molecule has 0 rings (SSSR count). The van der Waals surface area contributed by atoms with Gasteiger partial charge in [-0.05, 0) is 14.0 Å². The van der Waals surface area contributed by atoms with Gasteiger partial charge in [0, 0.05) is 13.7 Å². The lowest BCUT2D eigenvalue weighted by Crippen LogP contribution is -2.37. The largest absolute Gasteiger partial charge is 0.480 e. The highest BCUT2D eigenvalue weighted by atomic mass is 35.5. The van der Waals surface area contributed by atoms with Crippen molar-refractivity contribution in [2.45, 2.75) is 13.0 Å². The maximum Gasteiger partial charge on any atom is 0.320 e. The van der Waals surface area contributed by atoms with Crippen LogP contribution in [-0.2, 0) is 14.3 Å². The van der Waals surface area contributed by atoms with Crippen LogP contribution in [0.3, 0.4) is 0 Å². The molecule has 0 aliphatic carbocycles. The van der Waals surface area contributed by atoms with Gasteiger partial charge in [-0.1, -0.05) is 0 Å². The van der Waals surface area contributed by atoms with Gasteiger partial charge in [-0.3, -0.25) is 9.69 Å². The van der Waals surface area contributed by atoms with E-state index in [0.717, 1.165) is 0 Å². The fraction of sp³-hybridized carbons (Fsp3) is 0.889. The second kappa shape index (κ2) is 10.2. The summed E-state index contributed by atoms with van der Waals surface area (Å²) in [5.41, 5.74) is 0. The predicted octanol–water partition coefficient (Wildman–Crippen LogP) is 0.476. The number of rotatable bonds is 8. The Bertz CT molecular complexity index is 168. The first-order valence-corrected chi connectivity index (χ1v) is 4.59. The number of ether oxygens (including phenoxy) is 2. The average Bonchev–Trinajstić information content (AvgIpc) is 2.16. The molecule has 0 radical (unpaired) electrons. The maximum atomic E-state index is 10.6. The summed E-state index contributed by atoms with van der Waals surface area (Å²) < 4.78 is 10.0. The van der Waals surface area contributed by atoms with E-state index in [0.29, 0.717) is 26.4 Å². The van der Waals surface area contributed by atoms with E-state index in [1.165, 1.54) is 0 Å². The van der Waals surface area contributed by atoms with Gasteiger partial charge in [0.2, 0.25) is 0 Å². The number of hydrogen-bond acceptors (Lipinski definition) is 4. The highest BCUT2D eigenvalue weighted by Gasteiger charge is 2.15. The molecule has 6 heteroatoms.